The Kier molecular flexibility index (Phi) is 1.96. The molecule has 2 heterocycles. The zero-order valence-electron chi connectivity index (χ0n) is 6.56. The van der Waals surface area contributed by atoms with E-state index >= 15 is 0 Å². The van der Waals surface area contributed by atoms with Crippen LogP contribution in [0.5, 0.6) is 0 Å². The molecule has 0 atom stereocenters. The summed E-state index contributed by atoms with van der Waals surface area (Å²) < 4.78 is 0. The number of amides is 1. The van der Waals surface area contributed by atoms with Crippen molar-refractivity contribution in [1.82, 2.24) is 4.90 Å². The van der Waals surface area contributed by atoms with Gasteiger partial charge in [0.1, 0.15) is 0 Å². The first-order valence-electron chi connectivity index (χ1n) is 3.84. The highest BCUT2D eigenvalue weighted by Gasteiger charge is 2.14. The second-order valence-electron chi connectivity index (χ2n) is 2.70. The molecule has 0 N–H and O–H groups in total. The fraction of sp³-hybridized carbons (Fsp3) is 0.222. The van der Waals surface area contributed by atoms with Crippen LogP contribution >= 0.6 is 11.3 Å². The van der Waals surface area contributed by atoms with E-state index in [1.165, 1.54) is 4.88 Å². The maximum atomic E-state index is 11.1. The number of carbonyl (C=O) groups excluding carboxylic acids is 1. The molecule has 1 aromatic rings. The van der Waals surface area contributed by atoms with Crippen molar-refractivity contribution in [2.45, 2.75) is 6.54 Å². The van der Waals surface area contributed by atoms with Crippen LogP contribution in [-0.2, 0) is 11.3 Å². The third-order valence-corrected chi connectivity index (χ3v) is 2.69. The van der Waals surface area contributed by atoms with Crippen molar-refractivity contribution >= 4 is 17.2 Å². The van der Waals surface area contributed by atoms with Gasteiger partial charge >= 0.3 is 0 Å². The van der Waals surface area contributed by atoms with Crippen molar-refractivity contribution in [2.75, 3.05) is 6.54 Å². The molecule has 0 bridgehead atoms. The highest BCUT2D eigenvalue weighted by Crippen LogP contribution is 2.13. The molecule has 0 aliphatic carbocycles. The van der Waals surface area contributed by atoms with Crippen LogP contribution in [0.4, 0.5) is 0 Å². The van der Waals surface area contributed by atoms with Crippen LogP contribution in [0, 0.1) is 0 Å². The lowest BCUT2D eigenvalue weighted by Crippen LogP contribution is -2.23. The number of rotatable bonds is 2. The van der Waals surface area contributed by atoms with Gasteiger partial charge in [-0.15, -0.1) is 11.3 Å². The van der Waals surface area contributed by atoms with E-state index in [9.17, 15) is 4.79 Å². The van der Waals surface area contributed by atoms with Gasteiger partial charge in [-0.05, 0) is 11.4 Å². The molecular weight excluding hydrogens is 170 g/mol. The lowest BCUT2D eigenvalue weighted by molar-refractivity contribution is -0.124. The van der Waals surface area contributed by atoms with Crippen molar-refractivity contribution < 1.29 is 4.79 Å². The Bertz CT molecular complexity index is 302. The number of hydrogen-bond acceptors (Lipinski definition) is 2. The summed E-state index contributed by atoms with van der Waals surface area (Å²) in [5.74, 6) is 0.128. The summed E-state index contributed by atoms with van der Waals surface area (Å²) in [6.45, 7) is 1.51. The third kappa shape index (κ3) is 1.41. The molecule has 2 rings (SSSR count). The zero-order chi connectivity index (χ0) is 8.39. The molecule has 2 nitrogen and oxygen atoms in total. The van der Waals surface area contributed by atoms with Crippen LogP contribution in [0.15, 0.2) is 29.7 Å². The topological polar surface area (TPSA) is 20.3 Å². The van der Waals surface area contributed by atoms with Crippen molar-refractivity contribution in [3.05, 3.63) is 34.5 Å². The Morgan fingerprint density at radius 3 is 3.08 bits per heavy atom. The summed E-state index contributed by atoms with van der Waals surface area (Å²) in [6, 6.07) is 4.06. The Balaban J connectivity index is 2.01. The molecule has 1 aliphatic heterocycles. The minimum atomic E-state index is 0.128. The molecule has 0 radical (unpaired) electrons. The Morgan fingerprint density at radius 2 is 2.50 bits per heavy atom. The maximum absolute atomic E-state index is 11.1. The lowest BCUT2D eigenvalue weighted by Gasteiger charge is -2.13. The first-order chi connectivity index (χ1) is 5.86. The Labute approximate surface area is 75.1 Å². The second-order valence-corrected chi connectivity index (χ2v) is 3.73. The second kappa shape index (κ2) is 3.11. The largest absolute Gasteiger partial charge is 0.330 e. The van der Waals surface area contributed by atoms with Crippen molar-refractivity contribution in [3.63, 3.8) is 0 Å². The van der Waals surface area contributed by atoms with Gasteiger partial charge in [0.2, 0.25) is 5.91 Å². The van der Waals surface area contributed by atoms with E-state index in [1.54, 1.807) is 17.4 Å². The first kappa shape index (κ1) is 7.55. The van der Waals surface area contributed by atoms with Gasteiger partial charge < -0.3 is 4.90 Å². The van der Waals surface area contributed by atoms with Crippen LogP contribution < -0.4 is 0 Å². The lowest BCUT2D eigenvalue weighted by atomic mass is 10.4. The summed E-state index contributed by atoms with van der Waals surface area (Å²) >= 11 is 1.69. The van der Waals surface area contributed by atoms with Gasteiger partial charge in [0.05, 0.1) is 6.54 Å². The zero-order valence-corrected chi connectivity index (χ0v) is 7.38. The molecule has 0 aromatic carbocycles. The molecule has 0 saturated heterocycles. The van der Waals surface area contributed by atoms with Gasteiger partial charge in [-0.2, -0.15) is 0 Å². The van der Waals surface area contributed by atoms with E-state index in [0.717, 1.165) is 13.1 Å². The fourth-order valence-electron chi connectivity index (χ4n) is 1.21. The number of carbonyl (C=O) groups is 1. The molecule has 0 fully saturated rings. The molecule has 0 saturated carbocycles. The SMILES string of the molecule is O=C1C=CCN1Cc1cccs1. The summed E-state index contributed by atoms with van der Waals surface area (Å²) in [6.07, 6.45) is 3.53. The molecule has 3 heteroatoms. The molecule has 1 aliphatic rings. The quantitative estimate of drug-likeness (QED) is 0.676. The molecular formula is C9H9NOS. The van der Waals surface area contributed by atoms with Crippen LogP contribution in [0.3, 0.4) is 0 Å². The third-order valence-electron chi connectivity index (χ3n) is 1.82. The minimum Gasteiger partial charge on any atom is -0.330 e. The highest BCUT2D eigenvalue weighted by atomic mass is 32.1. The normalized spacial score (nSPS) is 16.0. The summed E-state index contributed by atoms with van der Waals surface area (Å²) in [5, 5.41) is 2.03. The maximum Gasteiger partial charge on any atom is 0.246 e. The average Bonchev–Trinajstić information content (AvgIpc) is 2.65. The van der Waals surface area contributed by atoms with Gasteiger partial charge in [-0.1, -0.05) is 12.1 Å². The Morgan fingerprint density at radius 1 is 1.58 bits per heavy atom. The molecule has 62 valence electrons. The summed E-state index contributed by atoms with van der Waals surface area (Å²) in [4.78, 5) is 14.2. The van der Waals surface area contributed by atoms with E-state index < -0.39 is 0 Å². The van der Waals surface area contributed by atoms with Gasteiger partial charge in [0.25, 0.3) is 0 Å². The van der Waals surface area contributed by atoms with Crippen LogP contribution in [-0.4, -0.2) is 17.4 Å². The van der Waals surface area contributed by atoms with E-state index in [1.807, 2.05) is 22.4 Å². The predicted molar refractivity (Wildman–Crippen MR) is 48.9 cm³/mol. The molecule has 12 heavy (non-hydrogen) atoms. The number of thiophene rings is 1. The average molecular weight is 179 g/mol. The standard InChI is InChI=1S/C9H9NOS/c11-9-4-1-5-10(9)7-8-3-2-6-12-8/h1-4,6H,5,7H2. The fourth-order valence-corrected chi connectivity index (χ4v) is 1.93. The van der Waals surface area contributed by atoms with Gasteiger partial charge in [0.15, 0.2) is 0 Å². The summed E-state index contributed by atoms with van der Waals surface area (Å²) in [5.41, 5.74) is 0. The molecule has 0 spiro atoms. The van der Waals surface area contributed by atoms with Crippen molar-refractivity contribution in [3.8, 4) is 0 Å². The minimum absolute atomic E-state index is 0.128. The number of nitrogens with zero attached hydrogens (tertiary/aromatic N) is 1. The van der Waals surface area contributed by atoms with E-state index in [2.05, 4.69) is 6.07 Å². The van der Waals surface area contributed by atoms with Crippen molar-refractivity contribution in [2.24, 2.45) is 0 Å². The highest BCUT2D eigenvalue weighted by molar-refractivity contribution is 7.09. The Hall–Kier alpha value is -1.09. The molecule has 1 amide bonds. The van der Waals surface area contributed by atoms with Crippen LogP contribution in [0.25, 0.3) is 0 Å². The predicted octanol–water partition coefficient (Wildman–Crippen LogP) is 1.65. The first-order valence-corrected chi connectivity index (χ1v) is 4.72. The monoisotopic (exact) mass is 179 g/mol. The van der Waals surface area contributed by atoms with Crippen LogP contribution in [0.1, 0.15) is 4.88 Å². The van der Waals surface area contributed by atoms with Crippen LogP contribution in [0.2, 0.25) is 0 Å². The summed E-state index contributed by atoms with van der Waals surface area (Å²) in [7, 11) is 0. The molecule has 0 unspecified atom stereocenters. The van der Waals surface area contributed by atoms with E-state index in [0.29, 0.717) is 0 Å². The van der Waals surface area contributed by atoms with Crippen molar-refractivity contribution in [1.29, 1.82) is 0 Å². The van der Waals surface area contributed by atoms with E-state index in [-0.39, 0.29) is 5.91 Å². The molecule has 1 aromatic heterocycles. The van der Waals surface area contributed by atoms with Gasteiger partial charge in [0, 0.05) is 17.5 Å². The van der Waals surface area contributed by atoms with Gasteiger partial charge in [-0.3, -0.25) is 4.79 Å². The van der Waals surface area contributed by atoms with Gasteiger partial charge in [-0.25, -0.2) is 0 Å². The van der Waals surface area contributed by atoms with E-state index in [4.69, 9.17) is 0 Å². The number of hydrogen-bond donors (Lipinski definition) is 0. The smallest absolute Gasteiger partial charge is 0.246 e.